The molecule has 0 heterocycles. The van der Waals surface area contributed by atoms with E-state index in [1.54, 1.807) is 0 Å². The van der Waals surface area contributed by atoms with E-state index in [9.17, 15) is 19.5 Å². The fraction of sp³-hybridized carbons (Fsp3) is 0.902. The van der Waals surface area contributed by atoms with Crippen LogP contribution in [0.15, 0.2) is 12.2 Å². The minimum Gasteiger partial charge on any atom is -0.544 e. The highest BCUT2D eigenvalue weighted by Crippen LogP contribution is 2.16. The van der Waals surface area contributed by atoms with Crippen molar-refractivity contribution in [2.75, 3.05) is 41.0 Å². The zero-order valence-corrected chi connectivity index (χ0v) is 39.7. The Morgan fingerprint density at radius 3 is 1.22 bits per heavy atom. The number of allylic oxidation sites excluding steroid dienone is 2. The molecule has 0 amide bonds. The van der Waals surface area contributed by atoms with Crippen molar-refractivity contribution < 1.29 is 38.2 Å². The summed E-state index contributed by atoms with van der Waals surface area (Å²) in [5, 5.41) is 11.6. The van der Waals surface area contributed by atoms with Crippen LogP contribution in [0.1, 0.15) is 245 Å². The molecule has 0 aliphatic carbocycles. The molecule has 0 aromatic heterocycles. The number of nitrogens with zero attached hydrogens (tertiary/aromatic N) is 1. The number of carbonyl (C=O) groups is 3. The zero-order chi connectivity index (χ0) is 43.5. The molecular formula is C51H97NO7. The molecule has 0 aromatic carbocycles. The average molecular weight is 836 g/mol. The molecule has 348 valence electrons. The molecule has 0 rings (SSSR count). The van der Waals surface area contributed by atoms with Crippen molar-refractivity contribution >= 4 is 17.9 Å². The number of hydrogen-bond donors (Lipinski definition) is 0. The number of aliphatic carboxylic acids is 1. The van der Waals surface area contributed by atoms with Crippen molar-refractivity contribution in [3.05, 3.63) is 12.2 Å². The van der Waals surface area contributed by atoms with Gasteiger partial charge in [-0.2, -0.15) is 0 Å². The molecule has 0 N–H and O–H groups in total. The van der Waals surface area contributed by atoms with Gasteiger partial charge >= 0.3 is 11.9 Å². The SMILES string of the molecule is CCCCCCCCCCC/C=C/CCCCCCCC(=O)OCC(COCCC(C(=O)[O-])[N+](C)(C)C)OC(=O)CCCCCCCCCCCCCCCCCCC. The molecular weight excluding hydrogens is 739 g/mol. The first kappa shape index (κ1) is 57.1. The second-order valence-corrected chi connectivity index (χ2v) is 18.4. The van der Waals surface area contributed by atoms with E-state index >= 15 is 0 Å². The summed E-state index contributed by atoms with van der Waals surface area (Å²) < 4.78 is 17.2. The van der Waals surface area contributed by atoms with E-state index < -0.39 is 18.1 Å². The fourth-order valence-electron chi connectivity index (χ4n) is 7.71. The van der Waals surface area contributed by atoms with Gasteiger partial charge in [0, 0.05) is 19.3 Å². The number of unbranched alkanes of at least 4 members (excludes halogenated alkanes) is 30. The third-order valence-electron chi connectivity index (χ3n) is 11.7. The predicted molar refractivity (Wildman–Crippen MR) is 245 cm³/mol. The maximum Gasteiger partial charge on any atom is 0.306 e. The molecule has 59 heavy (non-hydrogen) atoms. The van der Waals surface area contributed by atoms with Gasteiger partial charge in [-0.15, -0.1) is 0 Å². The molecule has 0 spiro atoms. The van der Waals surface area contributed by atoms with Crippen molar-refractivity contribution in [3.63, 3.8) is 0 Å². The average Bonchev–Trinajstić information content (AvgIpc) is 3.19. The molecule has 2 atom stereocenters. The maximum atomic E-state index is 12.8. The van der Waals surface area contributed by atoms with Gasteiger partial charge in [0.05, 0.1) is 40.3 Å². The van der Waals surface area contributed by atoms with Crippen LogP contribution in [0, 0.1) is 0 Å². The van der Waals surface area contributed by atoms with Gasteiger partial charge in [-0.05, 0) is 38.5 Å². The molecule has 0 aliphatic rings. The van der Waals surface area contributed by atoms with Gasteiger partial charge in [-0.25, -0.2) is 0 Å². The second-order valence-electron chi connectivity index (χ2n) is 18.4. The standard InChI is InChI=1S/C51H97NO7/c1-6-8-10-12-14-16-18-20-22-24-26-27-29-31-33-35-37-39-41-49(53)58-46-47(45-57-44-43-48(51(55)56)52(3,4)5)59-50(54)42-40-38-36-34-32-30-28-25-23-21-19-17-15-13-11-9-7-2/h26-27,47-48H,6-25,28-46H2,1-5H3/b27-26+. The number of ether oxygens (including phenoxy) is 3. The van der Waals surface area contributed by atoms with Crippen LogP contribution < -0.4 is 5.11 Å². The molecule has 0 aliphatic heterocycles. The summed E-state index contributed by atoms with van der Waals surface area (Å²) in [4.78, 5) is 37.0. The maximum absolute atomic E-state index is 12.8. The van der Waals surface area contributed by atoms with Crippen molar-refractivity contribution in [2.24, 2.45) is 0 Å². The zero-order valence-electron chi connectivity index (χ0n) is 39.7. The summed E-state index contributed by atoms with van der Waals surface area (Å²) >= 11 is 0. The Morgan fingerprint density at radius 1 is 0.492 bits per heavy atom. The Morgan fingerprint density at radius 2 is 0.847 bits per heavy atom. The van der Waals surface area contributed by atoms with Crippen LogP contribution in [0.5, 0.6) is 0 Å². The van der Waals surface area contributed by atoms with Crippen LogP contribution >= 0.6 is 0 Å². The van der Waals surface area contributed by atoms with Crippen LogP contribution in [0.25, 0.3) is 0 Å². The van der Waals surface area contributed by atoms with E-state index in [-0.39, 0.29) is 42.7 Å². The first-order chi connectivity index (χ1) is 28.6. The number of hydrogen-bond acceptors (Lipinski definition) is 7. The third kappa shape index (κ3) is 41.2. The lowest BCUT2D eigenvalue weighted by Crippen LogP contribution is -2.55. The van der Waals surface area contributed by atoms with Crippen molar-refractivity contribution in [3.8, 4) is 0 Å². The Balaban J connectivity index is 4.24. The Labute approximate surface area is 365 Å². The number of carboxylic acids is 1. The van der Waals surface area contributed by atoms with Gasteiger partial charge < -0.3 is 28.6 Å². The van der Waals surface area contributed by atoms with Gasteiger partial charge in [-0.3, -0.25) is 9.59 Å². The highest BCUT2D eigenvalue weighted by Gasteiger charge is 2.25. The van der Waals surface area contributed by atoms with Gasteiger partial charge in [-0.1, -0.05) is 199 Å². The fourth-order valence-corrected chi connectivity index (χ4v) is 7.71. The van der Waals surface area contributed by atoms with Crippen molar-refractivity contribution in [1.82, 2.24) is 0 Å². The van der Waals surface area contributed by atoms with E-state index in [1.165, 1.54) is 167 Å². The van der Waals surface area contributed by atoms with Crippen molar-refractivity contribution in [1.29, 1.82) is 0 Å². The van der Waals surface area contributed by atoms with E-state index in [0.717, 1.165) is 44.9 Å². The molecule has 0 saturated carbocycles. The van der Waals surface area contributed by atoms with E-state index in [4.69, 9.17) is 14.2 Å². The first-order valence-electron chi connectivity index (χ1n) is 25.2. The molecule has 0 saturated heterocycles. The highest BCUT2D eigenvalue weighted by atomic mass is 16.6. The number of carboxylic acid groups (broad SMARTS) is 1. The lowest BCUT2D eigenvalue weighted by molar-refractivity contribution is -0.889. The second kappa shape index (κ2) is 42.7. The van der Waals surface area contributed by atoms with Crippen molar-refractivity contribution in [2.45, 2.75) is 257 Å². The summed E-state index contributed by atoms with van der Waals surface area (Å²) in [6.45, 7) is 4.70. The van der Waals surface area contributed by atoms with Gasteiger partial charge in [0.25, 0.3) is 0 Å². The molecule has 8 nitrogen and oxygen atoms in total. The lowest BCUT2D eigenvalue weighted by Gasteiger charge is -2.34. The van der Waals surface area contributed by atoms with Crippen LogP contribution in [0.4, 0.5) is 0 Å². The number of rotatable bonds is 46. The van der Waals surface area contributed by atoms with Crippen LogP contribution in [-0.4, -0.2) is 75.5 Å². The minimum atomic E-state index is -1.12. The van der Waals surface area contributed by atoms with Gasteiger partial charge in [0.1, 0.15) is 12.6 Å². The summed E-state index contributed by atoms with van der Waals surface area (Å²) in [6, 6.07) is -0.723. The summed E-state index contributed by atoms with van der Waals surface area (Å²) in [7, 11) is 5.42. The summed E-state index contributed by atoms with van der Waals surface area (Å²) in [5.74, 6) is -1.72. The van der Waals surface area contributed by atoms with Crippen LogP contribution in [0.2, 0.25) is 0 Å². The smallest absolute Gasteiger partial charge is 0.306 e. The minimum absolute atomic E-state index is 0.0443. The number of quaternary nitrogens is 1. The van der Waals surface area contributed by atoms with Gasteiger partial charge in [0.15, 0.2) is 6.10 Å². The van der Waals surface area contributed by atoms with Crippen LogP contribution in [0.3, 0.4) is 0 Å². The monoisotopic (exact) mass is 836 g/mol. The highest BCUT2D eigenvalue weighted by molar-refractivity contribution is 5.70. The first-order valence-corrected chi connectivity index (χ1v) is 25.2. The molecule has 0 fully saturated rings. The quantitative estimate of drug-likeness (QED) is 0.0260. The molecule has 0 bridgehead atoms. The Bertz CT molecular complexity index is 978. The predicted octanol–water partition coefficient (Wildman–Crippen LogP) is 12.9. The molecule has 0 radical (unpaired) electrons. The molecule has 0 aromatic rings. The van der Waals surface area contributed by atoms with Gasteiger partial charge in [0.2, 0.25) is 0 Å². The Kier molecular flexibility index (Phi) is 41.3. The lowest BCUT2D eigenvalue weighted by atomic mass is 10.0. The summed E-state index contributed by atoms with van der Waals surface area (Å²) in [6.07, 6.45) is 46.6. The largest absolute Gasteiger partial charge is 0.544 e. The topological polar surface area (TPSA) is 102 Å². The number of carbonyl (C=O) groups excluding carboxylic acids is 3. The van der Waals surface area contributed by atoms with Crippen LogP contribution in [-0.2, 0) is 28.6 Å². The molecule has 8 heteroatoms. The van der Waals surface area contributed by atoms with E-state index in [0.29, 0.717) is 12.8 Å². The van der Waals surface area contributed by atoms with E-state index in [1.807, 2.05) is 21.1 Å². The van der Waals surface area contributed by atoms with E-state index in [2.05, 4.69) is 26.0 Å². The summed E-state index contributed by atoms with van der Waals surface area (Å²) in [5.41, 5.74) is 0. The molecule has 2 unspecified atom stereocenters. The Hall–Kier alpha value is -1.93. The normalized spacial score (nSPS) is 12.9. The number of likely N-dealkylation sites (N-methyl/N-ethyl adjacent to an activating group) is 1. The number of esters is 2. The third-order valence-corrected chi connectivity index (χ3v) is 11.7.